The number of halogens is 1. The Morgan fingerprint density at radius 2 is 1.90 bits per heavy atom. The van der Waals surface area contributed by atoms with Gasteiger partial charge in [-0.2, -0.15) is 0 Å². The standard InChI is InChI=1S/C22H24ClN3O3/c1-2-20(27)25-19-12-17(23)9-10-18(19)22(29)24-13-15-6-3-4-7-16(15)14-26-11-5-8-21(26)28/h3-4,6-7,9-10,12H,2,5,8,11,13-14H2,1H3,(H,24,29)(H,25,27). The molecule has 0 aromatic heterocycles. The molecule has 152 valence electrons. The average Bonchev–Trinajstić information content (AvgIpc) is 3.11. The molecule has 2 N–H and O–H groups in total. The third kappa shape index (κ3) is 5.35. The molecule has 0 radical (unpaired) electrons. The van der Waals surface area contributed by atoms with E-state index in [1.807, 2.05) is 29.2 Å². The Bertz CT molecular complexity index is 929. The van der Waals surface area contributed by atoms with Gasteiger partial charge in [-0.3, -0.25) is 14.4 Å². The highest BCUT2D eigenvalue weighted by Crippen LogP contribution is 2.22. The Labute approximate surface area is 175 Å². The highest BCUT2D eigenvalue weighted by atomic mass is 35.5. The largest absolute Gasteiger partial charge is 0.348 e. The molecular weight excluding hydrogens is 390 g/mol. The van der Waals surface area contributed by atoms with Gasteiger partial charge in [-0.25, -0.2) is 0 Å². The van der Waals surface area contributed by atoms with Gasteiger partial charge in [-0.15, -0.1) is 0 Å². The summed E-state index contributed by atoms with van der Waals surface area (Å²) in [7, 11) is 0. The van der Waals surface area contributed by atoms with Crippen molar-refractivity contribution in [3.05, 3.63) is 64.2 Å². The number of anilines is 1. The van der Waals surface area contributed by atoms with Gasteiger partial charge in [0.05, 0.1) is 11.3 Å². The molecule has 2 aromatic rings. The summed E-state index contributed by atoms with van der Waals surface area (Å²) in [6, 6.07) is 12.5. The lowest BCUT2D eigenvalue weighted by atomic mass is 10.1. The third-order valence-corrected chi connectivity index (χ3v) is 5.15. The predicted octanol–water partition coefficient (Wildman–Crippen LogP) is 3.74. The Morgan fingerprint density at radius 3 is 2.59 bits per heavy atom. The maximum absolute atomic E-state index is 12.8. The first kappa shape index (κ1) is 20.9. The number of carbonyl (C=O) groups is 3. The van der Waals surface area contributed by atoms with Crippen molar-refractivity contribution in [1.29, 1.82) is 0 Å². The minimum atomic E-state index is -0.305. The first-order valence-corrected chi connectivity index (χ1v) is 10.1. The van der Waals surface area contributed by atoms with Gasteiger partial charge in [0.2, 0.25) is 11.8 Å². The van der Waals surface area contributed by atoms with Crippen molar-refractivity contribution in [2.45, 2.75) is 39.3 Å². The second-order valence-electron chi connectivity index (χ2n) is 6.96. The number of nitrogens with one attached hydrogen (secondary N) is 2. The van der Waals surface area contributed by atoms with E-state index in [0.29, 0.717) is 42.2 Å². The summed E-state index contributed by atoms with van der Waals surface area (Å²) in [5, 5.41) is 6.06. The fourth-order valence-electron chi connectivity index (χ4n) is 3.29. The number of carbonyl (C=O) groups excluding carboxylic acids is 3. The zero-order valence-corrected chi connectivity index (χ0v) is 17.1. The maximum atomic E-state index is 12.8. The number of hydrogen-bond acceptors (Lipinski definition) is 3. The number of rotatable bonds is 7. The molecule has 7 heteroatoms. The molecule has 1 heterocycles. The molecule has 3 rings (SSSR count). The van der Waals surface area contributed by atoms with Crippen LogP contribution >= 0.6 is 11.6 Å². The topological polar surface area (TPSA) is 78.5 Å². The van der Waals surface area contributed by atoms with Crippen LogP contribution in [0.3, 0.4) is 0 Å². The molecule has 0 saturated carbocycles. The molecule has 0 atom stereocenters. The van der Waals surface area contributed by atoms with Crippen LogP contribution in [0, 0.1) is 0 Å². The van der Waals surface area contributed by atoms with E-state index in [9.17, 15) is 14.4 Å². The summed E-state index contributed by atoms with van der Waals surface area (Å²) in [4.78, 5) is 38.3. The first-order valence-electron chi connectivity index (χ1n) is 9.70. The van der Waals surface area contributed by atoms with Crippen molar-refractivity contribution in [1.82, 2.24) is 10.2 Å². The van der Waals surface area contributed by atoms with Crippen LogP contribution in [0.15, 0.2) is 42.5 Å². The van der Waals surface area contributed by atoms with Crippen molar-refractivity contribution in [2.24, 2.45) is 0 Å². The van der Waals surface area contributed by atoms with E-state index in [-0.39, 0.29) is 17.7 Å². The van der Waals surface area contributed by atoms with Gasteiger partial charge < -0.3 is 15.5 Å². The monoisotopic (exact) mass is 413 g/mol. The van der Waals surface area contributed by atoms with Crippen LogP contribution in [0.5, 0.6) is 0 Å². The molecule has 3 amide bonds. The third-order valence-electron chi connectivity index (χ3n) is 4.91. The lowest BCUT2D eigenvalue weighted by molar-refractivity contribution is -0.128. The van der Waals surface area contributed by atoms with E-state index in [1.165, 1.54) is 0 Å². The summed E-state index contributed by atoms with van der Waals surface area (Å²) < 4.78 is 0. The quantitative estimate of drug-likeness (QED) is 0.725. The Hall–Kier alpha value is -2.86. The van der Waals surface area contributed by atoms with Crippen LogP contribution in [-0.2, 0) is 22.7 Å². The fraction of sp³-hybridized carbons (Fsp3) is 0.318. The number of likely N-dealkylation sites (tertiary alicyclic amines) is 1. The zero-order chi connectivity index (χ0) is 20.8. The van der Waals surface area contributed by atoms with E-state index < -0.39 is 0 Å². The SMILES string of the molecule is CCC(=O)Nc1cc(Cl)ccc1C(=O)NCc1ccccc1CN1CCCC1=O. The number of amides is 3. The van der Waals surface area contributed by atoms with Crippen molar-refractivity contribution in [3.63, 3.8) is 0 Å². The minimum absolute atomic E-state index is 0.168. The normalized spacial score (nSPS) is 13.4. The van der Waals surface area contributed by atoms with Gasteiger partial charge in [0.15, 0.2) is 0 Å². The second kappa shape index (κ2) is 9.56. The number of nitrogens with zero attached hydrogens (tertiary/aromatic N) is 1. The van der Waals surface area contributed by atoms with Crippen LogP contribution in [0.25, 0.3) is 0 Å². The van der Waals surface area contributed by atoms with Gasteiger partial charge in [-0.1, -0.05) is 42.8 Å². The van der Waals surface area contributed by atoms with Gasteiger partial charge in [0.25, 0.3) is 5.91 Å². The summed E-state index contributed by atoms with van der Waals surface area (Å²) in [6.45, 7) is 3.37. The average molecular weight is 414 g/mol. The molecule has 0 unspecified atom stereocenters. The van der Waals surface area contributed by atoms with Crippen LogP contribution in [0.4, 0.5) is 5.69 Å². The van der Waals surface area contributed by atoms with Crippen LogP contribution in [-0.4, -0.2) is 29.2 Å². The summed E-state index contributed by atoms with van der Waals surface area (Å²) in [6.07, 6.45) is 1.79. The van der Waals surface area contributed by atoms with E-state index in [0.717, 1.165) is 24.1 Å². The van der Waals surface area contributed by atoms with Crippen molar-refractivity contribution >= 4 is 35.0 Å². The van der Waals surface area contributed by atoms with Gasteiger partial charge in [0, 0.05) is 37.5 Å². The smallest absolute Gasteiger partial charge is 0.253 e. The molecular formula is C22H24ClN3O3. The molecule has 2 aromatic carbocycles. The highest BCUT2D eigenvalue weighted by Gasteiger charge is 2.21. The van der Waals surface area contributed by atoms with Crippen LogP contribution < -0.4 is 10.6 Å². The van der Waals surface area contributed by atoms with Crippen molar-refractivity contribution in [3.8, 4) is 0 Å². The zero-order valence-electron chi connectivity index (χ0n) is 16.3. The van der Waals surface area contributed by atoms with Crippen molar-refractivity contribution in [2.75, 3.05) is 11.9 Å². The molecule has 0 aliphatic carbocycles. The lowest BCUT2D eigenvalue weighted by Gasteiger charge is -2.18. The molecule has 0 bridgehead atoms. The molecule has 29 heavy (non-hydrogen) atoms. The van der Waals surface area contributed by atoms with E-state index in [2.05, 4.69) is 10.6 Å². The Kier molecular flexibility index (Phi) is 6.88. The molecule has 0 spiro atoms. The Morgan fingerprint density at radius 1 is 1.14 bits per heavy atom. The first-order chi connectivity index (χ1) is 14.0. The molecule has 1 aliphatic rings. The molecule has 6 nitrogen and oxygen atoms in total. The van der Waals surface area contributed by atoms with Crippen LogP contribution in [0.1, 0.15) is 47.7 Å². The summed E-state index contributed by atoms with van der Waals surface area (Å²) in [5.41, 5.74) is 2.70. The fourth-order valence-corrected chi connectivity index (χ4v) is 3.46. The Balaban J connectivity index is 1.71. The van der Waals surface area contributed by atoms with Crippen molar-refractivity contribution < 1.29 is 14.4 Å². The number of hydrogen-bond donors (Lipinski definition) is 2. The molecule has 1 fully saturated rings. The second-order valence-corrected chi connectivity index (χ2v) is 7.40. The van der Waals surface area contributed by atoms with E-state index >= 15 is 0 Å². The summed E-state index contributed by atoms with van der Waals surface area (Å²) >= 11 is 6.02. The number of benzene rings is 2. The van der Waals surface area contributed by atoms with E-state index in [1.54, 1.807) is 25.1 Å². The highest BCUT2D eigenvalue weighted by molar-refractivity contribution is 6.31. The van der Waals surface area contributed by atoms with Gasteiger partial charge in [-0.05, 0) is 35.7 Å². The van der Waals surface area contributed by atoms with Gasteiger partial charge >= 0.3 is 0 Å². The van der Waals surface area contributed by atoms with Gasteiger partial charge in [0.1, 0.15) is 0 Å². The predicted molar refractivity (Wildman–Crippen MR) is 113 cm³/mol. The minimum Gasteiger partial charge on any atom is -0.348 e. The molecule has 1 saturated heterocycles. The van der Waals surface area contributed by atoms with Crippen LogP contribution in [0.2, 0.25) is 5.02 Å². The van der Waals surface area contributed by atoms with E-state index in [4.69, 9.17) is 11.6 Å². The summed E-state index contributed by atoms with van der Waals surface area (Å²) in [5.74, 6) is -0.330. The molecule has 1 aliphatic heterocycles. The maximum Gasteiger partial charge on any atom is 0.253 e. The lowest BCUT2D eigenvalue weighted by Crippen LogP contribution is -2.27.